The number of aromatic nitrogens is 3. The van der Waals surface area contributed by atoms with Gasteiger partial charge < -0.3 is 24.7 Å². The van der Waals surface area contributed by atoms with Gasteiger partial charge in [0, 0.05) is 37.2 Å². The van der Waals surface area contributed by atoms with Gasteiger partial charge in [-0.05, 0) is 25.1 Å². The molecule has 166 valence electrons. The lowest BCUT2D eigenvalue weighted by Crippen LogP contribution is -2.31. The van der Waals surface area contributed by atoms with Crippen molar-refractivity contribution in [2.45, 2.75) is 19.4 Å². The van der Waals surface area contributed by atoms with Crippen LogP contribution in [0.1, 0.15) is 13.3 Å². The van der Waals surface area contributed by atoms with E-state index in [1.165, 1.54) is 0 Å². The molecule has 0 radical (unpaired) electrons. The Hall–Kier alpha value is -3.62. The highest BCUT2D eigenvalue weighted by atomic mass is 16.5. The normalized spacial score (nSPS) is 19.2. The van der Waals surface area contributed by atoms with Crippen molar-refractivity contribution in [3.63, 3.8) is 0 Å². The molecule has 2 aromatic heterocycles. The fraction of sp³-hybridized carbons (Fsp3) is 0.391. The Kier molecular flexibility index (Phi) is 5.38. The van der Waals surface area contributed by atoms with Crippen LogP contribution in [0.15, 0.2) is 35.6 Å². The Morgan fingerprint density at radius 3 is 2.94 bits per heavy atom. The van der Waals surface area contributed by atoms with E-state index in [0.717, 1.165) is 47.8 Å². The van der Waals surface area contributed by atoms with Gasteiger partial charge in [0.15, 0.2) is 5.52 Å². The zero-order valence-corrected chi connectivity index (χ0v) is 18.2. The highest BCUT2D eigenvalue weighted by Gasteiger charge is 2.29. The van der Waals surface area contributed by atoms with Crippen LogP contribution in [-0.4, -0.2) is 66.5 Å². The molecular formula is C23H26N6O3. The maximum absolute atomic E-state index is 11.6. The standard InChI is InChI=1S/C23H26N6O3/c1-14(16-10-21(30)25-12-16)32-23-22-18(26-13-27-22)11-17(28-23)15-3-4-19(20(9-15)31-2)29-7-5-24-6-8-29/h3-5,9,11,13-14,16H,6-8,10,12H2,1-2H3,(H,25,30)(H,26,27)/t14-,16-/m1/s1. The lowest BCUT2D eigenvalue weighted by Gasteiger charge is -2.27. The predicted octanol–water partition coefficient (Wildman–Crippen LogP) is 2.43. The second-order valence-corrected chi connectivity index (χ2v) is 8.12. The summed E-state index contributed by atoms with van der Waals surface area (Å²) in [6.45, 7) is 4.99. The molecule has 2 atom stereocenters. The molecule has 2 N–H and O–H groups in total. The number of methoxy groups -OCH3 is 1. The molecule has 9 heteroatoms. The van der Waals surface area contributed by atoms with Crippen molar-refractivity contribution in [1.82, 2.24) is 20.3 Å². The number of carbonyl (C=O) groups is 1. The number of rotatable bonds is 6. The van der Waals surface area contributed by atoms with Crippen molar-refractivity contribution in [3.05, 3.63) is 30.6 Å². The van der Waals surface area contributed by atoms with Gasteiger partial charge in [-0.2, -0.15) is 0 Å². The van der Waals surface area contributed by atoms with Gasteiger partial charge in [-0.25, -0.2) is 9.97 Å². The summed E-state index contributed by atoms with van der Waals surface area (Å²) in [5.74, 6) is 1.41. The van der Waals surface area contributed by atoms with E-state index in [1.807, 2.05) is 31.3 Å². The van der Waals surface area contributed by atoms with Crippen molar-refractivity contribution >= 4 is 28.8 Å². The number of hydrogen-bond acceptors (Lipinski definition) is 7. The fourth-order valence-corrected chi connectivity index (χ4v) is 4.21. The van der Waals surface area contributed by atoms with Crippen LogP contribution >= 0.6 is 0 Å². The minimum absolute atomic E-state index is 0.0595. The molecule has 3 aromatic rings. The summed E-state index contributed by atoms with van der Waals surface area (Å²) >= 11 is 0. The van der Waals surface area contributed by atoms with Crippen LogP contribution in [0.4, 0.5) is 5.69 Å². The number of pyridine rings is 1. The highest BCUT2D eigenvalue weighted by molar-refractivity contribution is 5.85. The Morgan fingerprint density at radius 1 is 1.28 bits per heavy atom. The molecule has 0 spiro atoms. The van der Waals surface area contributed by atoms with E-state index in [0.29, 0.717) is 24.4 Å². The molecule has 1 amide bonds. The number of nitrogens with one attached hydrogen (secondary N) is 2. The molecule has 5 rings (SSSR count). The van der Waals surface area contributed by atoms with Crippen LogP contribution in [0.2, 0.25) is 0 Å². The van der Waals surface area contributed by atoms with Gasteiger partial charge in [-0.15, -0.1) is 0 Å². The molecular weight excluding hydrogens is 408 g/mol. The number of hydrogen-bond donors (Lipinski definition) is 2. The van der Waals surface area contributed by atoms with Crippen molar-refractivity contribution in [2.24, 2.45) is 10.9 Å². The predicted molar refractivity (Wildman–Crippen MR) is 123 cm³/mol. The summed E-state index contributed by atoms with van der Waals surface area (Å²) in [6.07, 6.45) is 3.86. The van der Waals surface area contributed by atoms with E-state index in [4.69, 9.17) is 14.5 Å². The van der Waals surface area contributed by atoms with Gasteiger partial charge in [0.1, 0.15) is 11.9 Å². The third-order valence-electron chi connectivity index (χ3n) is 6.09. The number of imidazole rings is 1. The molecule has 1 saturated heterocycles. The number of ether oxygens (including phenoxy) is 2. The number of carbonyl (C=O) groups excluding carboxylic acids is 1. The monoisotopic (exact) mass is 434 g/mol. The van der Waals surface area contributed by atoms with Gasteiger partial charge >= 0.3 is 0 Å². The number of benzene rings is 1. The summed E-state index contributed by atoms with van der Waals surface area (Å²) in [7, 11) is 1.68. The van der Waals surface area contributed by atoms with Gasteiger partial charge in [0.25, 0.3) is 0 Å². The first-order chi connectivity index (χ1) is 15.6. The van der Waals surface area contributed by atoms with Crippen LogP contribution in [0.3, 0.4) is 0 Å². The Balaban J connectivity index is 1.47. The SMILES string of the molecule is COc1cc(-c2cc3[nH]cnc3c(O[C@H](C)[C@H]3CNC(=O)C3)n2)ccc1N1CC=NCC1. The molecule has 32 heavy (non-hydrogen) atoms. The van der Waals surface area contributed by atoms with E-state index < -0.39 is 0 Å². The zero-order valence-electron chi connectivity index (χ0n) is 18.2. The molecule has 0 saturated carbocycles. The van der Waals surface area contributed by atoms with E-state index in [-0.39, 0.29) is 17.9 Å². The van der Waals surface area contributed by atoms with Crippen LogP contribution in [0, 0.1) is 5.92 Å². The summed E-state index contributed by atoms with van der Waals surface area (Å²) in [4.78, 5) is 30.5. The van der Waals surface area contributed by atoms with Crippen LogP contribution < -0.4 is 19.7 Å². The van der Waals surface area contributed by atoms with E-state index in [2.05, 4.69) is 31.2 Å². The Bertz CT molecular complexity index is 1170. The Morgan fingerprint density at radius 2 is 2.19 bits per heavy atom. The molecule has 1 aromatic carbocycles. The van der Waals surface area contributed by atoms with Crippen LogP contribution in [0.25, 0.3) is 22.3 Å². The molecule has 4 heterocycles. The first kappa shape index (κ1) is 20.3. The lowest BCUT2D eigenvalue weighted by atomic mass is 10.0. The minimum atomic E-state index is -0.172. The van der Waals surface area contributed by atoms with Crippen molar-refractivity contribution in [2.75, 3.05) is 38.2 Å². The third-order valence-corrected chi connectivity index (χ3v) is 6.09. The van der Waals surface area contributed by atoms with Crippen molar-refractivity contribution in [1.29, 1.82) is 0 Å². The van der Waals surface area contributed by atoms with Crippen molar-refractivity contribution in [3.8, 4) is 22.9 Å². The van der Waals surface area contributed by atoms with E-state index >= 15 is 0 Å². The number of amides is 1. The lowest BCUT2D eigenvalue weighted by molar-refractivity contribution is -0.119. The average Bonchev–Trinajstić information content (AvgIpc) is 3.48. The first-order valence-electron chi connectivity index (χ1n) is 10.8. The molecule has 2 aliphatic heterocycles. The fourth-order valence-electron chi connectivity index (χ4n) is 4.21. The van der Waals surface area contributed by atoms with Crippen LogP contribution in [0.5, 0.6) is 11.6 Å². The number of nitrogens with zero attached hydrogens (tertiary/aromatic N) is 4. The summed E-state index contributed by atoms with van der Waals surface area (Å²) in [6, 6.07) is 8.06. The highest BCUT2D eigenvalue weighted by Crippen LogP contribution is 2.35. The molecule has 2 aliphatic rings. The van der Waals surface area contributed by atoms with E-state index in [9.17, 15) is 4.79 Å². The molecule has 0 aliphatic carbocycles. The maximum atomic E-state index is 11.6. The summed E-state index contributed by atoms with van der Waals surface area (Å²) in [5.41, 5.74) is 4.23. The number of anilines is 1. The second-order valence-electron chi connectivity index (χ2n) is 8.12. The quantitative estimate of drug-likeness (QED) is 0.617. The first-order valence-corrected chi connectivity index (χ1v) is 10.8. The van der Waals surface area contributed by atoms with Gasteiger partial charge in [-0.3, -0.25) is 9.79 Å². The zero-order chi connectivity index (χ0) is 22.1. The van der Waals surface area contributed by atoms with Gasteiger partial charge in [0.2, 0.25) is 11.8 Å². The Labute approximate surface area is 185 Å². The molecule has 0 bridgehead atoms. The number of aliphatic imine (C=N–C) groups is 1. The number of H-pyrrole nitrogens is 1. The number of aromatic amines is 1. The smallest absolute Gasteiger partial charge is 0.243 e. The second kappa shape index (κ2) is 8.49. The van der Waals surface area contributed by atoms with Crippen LogP contribution in [-0.2, 0) is 4.79 Å². The van der Waals surface area contributed by atoms with Crippen molar-refractivity contribution < 1.29 is 14.3 Å². The third kappa shape index (κ3) is 3.86. The molecule has 0 unspecified atom stereocenters. The summed E-state index contributed by atoms with van der Waals surface area (Å²) < 4.78 is 11.9. The molecule has 9 nitrogen and oxygen atoms in total. The topological polar surface area (TPSA) is 105 Å². The summed E-state index contributed by atoms with van der Waals surface area (Å²) in [5, 5.41) is 2.86. The maximum Gasteiger partial charge on any atom is 0.243 e. The average molecular weight is 435 g/mol. The minimum Gasteiger partial charge on any atom is -0.495 e. The van der Waals surface area contributed by atoms with Gasteiger partial charge in [-0.1, -0.05) is 6.07 Å². The van der Waals surface area contributed by atoms with Gasteiger partial charge in [0.05, 0.1) is 43.4 Å². The number of fused-ring (bicyclic) bond motifs is 1. The molecule has 1 fully saturated rings. The largest absolute Gasteiger partial charge is 0.495 e. The van der Waals surface area contributed by atoms with E-state index in [1.54, 1.807) is 13.4 Å².